The largest absolute Gasteiger partial charge is 0.497 e. The van der Waals surface area contributed by atoms with Gasteiger partial charge in [0, 0.05) is 17.2 Å². The molecule has 0 saturated carbocycles. The first-order chi connectivity index (χ1) is 17.6. The molecule has 1 aliphatic heterocycles. The van der Waals surface area contributed by atoms with Gasteiger partial charge in [0.2, 0.25) is 0 Å². The van der Waals surface area contributed by atoms with Crippen LogP contribution in [0.2, 0.25) is 19.6 Å². The van der Waals surface area contributed by atoms with Crippen molar-refractivity contribution < 1.29 is 23.7 Å². The minimum absolute atomic E-state index is 0.0315. The van der Waals surface area contributed by atoms with Gasteiger partial charge >= 0.3 is 0 Å². The summed E-state index contributed by atoms with van der Waals surface area (Å²) < 4.78 is 23.6. The van der Waals surface area contributed by atoms with Crippen LogP contribution < -0.4 is 18.9 Å². The number of hydrogen-bond donors (Lipinski definition) is 0. The zero-order valence-corrected chi connectivity index (χ0v) is 24.5. The summed E-state index contributed by atoms with van der Waals surface area (Å²) in [5.74, 6) is 5.30. The van der Waals surface area contributed by atoms with Gasteiger partial charge in [-0.25, -0.2) is 0 Å². The van der Waals surface area contributed by atoms with Crippen LogP contribution in [-0.4, -0.2) is 35.2 Å². The zero-order valence-electron chi connectivity index (χ0n) is 21.9. The highest BCUT2D eigenvalue weighted by atomic mass is 79.9. The highest BCUT2D eigenvalue weighted by Crippen LogP contribution is 2.50. The molecular formula is C30H31BrO5Si. The van der Waals surface area contributed by atoms with E-state index in [4.69, 9.17) is 18.9 Å². The minimum Gasteiger partial charge on any atom is -0.497 e. The number of methoxy groups -OCH3 is 3. The second-order valence-electron chi connectivity index (χ2n) is 9.95. The predicted molar refractivity (Wildman–Crippen MR) is 152 cm³/mol. The number of hydrogen-bond acceptors (Lipinski definition) is 5. The molecule has 3 atom stereocenters. The molecule has 0 N–H and O–H groups in total. The predicted octanol–water partition coefficient (Wildman–Crippen LogP) is 7.07. The summed E-state index contributed by atoms with van der Waals surface area (Å²) in [6, 6.07) is 18.7. The average molecular weight is 580 g/mol. The molecule has 4 rings (SSSR count). The lowest BCUT2D eigenvalue weighted by atomic mass is 9.74. The van der Waals surface area contributed by atoms with Crippen LogP contribution in [0, 0.1) is 17.4 Å². The lowest BCUT2D eigenvalue weighted by Gasteiger charge is -2.37. The maximum absolute atomic E-state index is 14.2. The molecule has 0 saturated heterocycles. The van der Waals surface area contributed by atoms with Crippen LogP contribution in [0.3, 0.4) is 0 Å². The molecule has 0 aromatic heterocycles. The van der Waals surface area contributed by atoms with Crippen LogP contribution in [0.25, 0.3) is 0 Å². The van der Waals surface area contributed by atoms with E-state index < -0.39 is 20.1 Å². The third kappa shape index (κ3) is 5.87. The van der Waals surface area contributed by atoms with E-state index in [9.17, 15) is 4.79 Å². The van der Waals surface area contributed by atoms with Gasteiger partial charge in [-0.15, -0.1) is 11.5 Å². The number of carbonyl (C=O) groups excluding carboxylic acids is 1. The fourth-order valence-electron chi connectivity index (χ4n) is 4.40. The Morgan fingerprint density at radius 2 is 1.49 bits per heavy atom. The second kappa shape index (κ2) is 11.0. The summed E-state index contributed by atoms with van der Waals surface area (Å²) in [7, 11) is 3.11. The minimum atomic E-state index is -1.75. The van der Waals surface area contributed by atoms with Gasteiger partial charge < -0.3 is 18.9 Å². The molecular weight excluding hydrogens is 548 g/mol. The van der Waals surface area contributed by atoms with E-state index in [0.29, 0.717) is 22.8 Å². The molecule has 192 valence electrons. The zero-order chi connectivity index (χ0) is 26.7. The number of Topliss-reactive ketones (excluding diaryl/α,β-unsaturated/α-hetero) is 1. The number of fused-ring (bicyclic) bond motifs is 1. The van der Waals surface area contributed by atoms with Gasteiger partial charge in [-0.05, 0) is 64.0 Å². The third-order valence-electron chi connectivity index (χ3n) is 6.28. The molecule has 0 radical (unpaired) electrons. The van der Waals surface area contributed by atoms with Crippen LogP contribution >= 0.6 is 15.9 Å². The molecule has 0 bridgehead atoms. The topological polar surface area (TPSA) is 54.0 Å². The molecule has 37 heavy (non-hydrogen) atoms. The molecule has 0 fully saturated rings. The smallest absolute Gasteiger partial charge is 0.171 e. The Bertz CT molecular complexity index is 1330. The Morgan fingerprint density at radius 3 is 2.03 bits per heavy atom. The van der Waals surface area contributed by atoms with Gasteiger partial charge in [-0.3, -0.25) is 4.79 Å². The summed E-state index contributed by atoms with van der Waals surface area (Å²) >= 11 is 3.61. The van der Waals surface area contributed by atoms with Gasteiger partial charge in [0.25, 0.3) is 0 Å². The fourth-order valence-corrected chi connectivity index (χ4v) is 5.51. The first kappa shape index (κ1) is 26.8. The summed E-state index contributed by atoms with van der Waals surface area (Å²) in [6.45, 7) is 6.60. The van der Waals surface area contributed by atoms with Gasteiger partial charge in [0.1, 0.15) is 37.2 Å². The quantitative estimate of drug-likeness (QED) is 0.178. The van der Waals surface area contributed by atoms with E-state index in [1.165, 1.54) is 0 Å². The Morgan fingerprint density at radius 1 is 0.892 bits per heavy atom. The summed E-state index contributed by atoms with van der Waals surface area (Å²) in [4.78, 5) is 14.2. The average Bonchev–Trinajstić information content (AvgIpc) is 2.90. The van der Waals surface area contributed by atoms with Crippen LogP contribution in [0.4, 0.5) is 0 Å². The Labute approximate surface area is 228 Å². The van der Waals surface area contributed by atoms with Crippen molar-refractivity contribution in [1.29, 1.82) is 0 Å². The first-order valence-electron chi connectivity index (χ1n) is 12.0. The van der Waals surface area contributed by atoms with Crippen molar-refractivity contribution in [3.63, 3.8) is 0 Å². The number of carbonyl (C=O) groups is 1. The molecule has 3 aromatic rings. The van der Waals surface area contributed by atoms with Crippen LogP contribution in [0.15, 0.2) is 65.1 Å². The van der Waals surface area contributed by atoms with Gasteiger partial charge in [-0.2, -0.15) is 0 Å². The second-order valence-corrected chi connectivity index (χ2v) is 15.6. The van der Waals surface area contributed by atoms with Crippen molar-refractivity contribution in [2.45, 2.75) is 31.7 Å². The number of ether oxygens (including phenoxy) is 4. The Balaban J connectivity index is 1.93. The van der Waals surface area contributed by atoms with Crippen molar-refractivity contribution in [2.75, 3.05) is 21.3 Å². The van der Waals surface area contributed by atoms with E-state index in [-0.39, 0.29) is 11.7 Å². The van der Waals surface area contributed by atoms with Gasteiger partial charge in [-0.1, -0.05) is 31.8 Å². The molecule has 0 unspecified atom stereocenters. The maximum Gasteiger partial charge on any atom is 0.171 e. The SMILES string of the molecule is COc1ccc(C(=O)[C@@H]2[C@@H](c3ccc(OC)cc3)Oc3cc(OC)c(Br)cc3[C@@H]2C#C[Si](C)(C)C)cc1. The number of ketones is 1. The van der Waals surface area contributed by atoms with Crippen LogP contribution in [0.1, 0.15) is 33.5 Å². The number of benzene rings is 3. The van der Waals surface area contributed by atoms with E-state index in [2.05, 4.69) is 47.0 Å². The van der Waals surface area contributed by atoms with E-state index in [1.54, 1.807) is 45.6 Å². The molecule has 1 heterocycles. The first-order valence-corrected chi connectivity index (χ1v) is 16.3. The van der Waals surface area contributed by atoms with Crippen molar-refractivity contribution in [1.82, 2.24) is 0 Å². The maximum atomic E-state index is 14.2. The van der Waals surface area contributed by atoms with Crippen molar-refractivity contribution in [2.24, 2.45) is 5.92 Å². The Kier molecular flexibility index (Phi) is 8.01. The number of rotatable bonds is 6. The summed E-state index contributed by atoms with van der Waals surface area (Å²) in [5.41, 5.74) is 5.85. The van der Waals surface area contributed by atoms with Gasteiger partial charge in [0.15, 0.2) is 5.78 Å². The van der Waals surface area contributed by atoms with Crippen LogP contribution in [0.5, 0.6) is 23.0 Å². The molecule has 0 aliphatic carbocycles. The molecule has 3 aromatic carbocycles. The lowest BCUT2D eigenvalue weighted by molar-refractivity contribution is 0.0653. The normalized spacial score (nSPS) is 18.5. The molecule has 7 heteroatoms. The molecule has 1 aliphatic rings. The Hall–Kier alpha value is -3.21. The van der Waals surface area contributed by atoms with Crippen LogP contribution in [-0.2, 0) is 0 Å². The standard InChI is InChI=1S/C30H31BrO5Si/c1-33-21-11-7-19(8-12-21)29(32)28-23(15-16-37(4,5)6)24-17-25(31)27(35-3)18-26(24)36-30(28)20-9-13-22(34-2)14-10-20/h7-14,17-18,23,28,30H,1-6H3/t23-,28+,30+/m0/s1. The van der Waals surface area contributed by atoms with Crippen molar-refractivity contribution in [3.05, 3.63) is 81.8 Å². The highest BCUT2D eigenvalue weighted by molar-refractivity contribution is 9.10. The van der Waals surface area contributed by atoms with E-state index >= 15 is 0 Å². The van der Waals surface area contributed by atoms with Gasteiger partial charge in [0.05, 0.1) is 37.6 Å². The monoisotopic (exact) mass is 578 g/mol. The summed E-state index contributed by atoms with van der Waals surface area (Å²) in [6.07, 6.45) is -0.556. The molecule has 0 amide bonds. The lowest BCUT2D eigenvalue weighted by Crippen LogP contribution is -2.35. The van der Waals surface area contributed by atoms with E-state index in [1.807, 2.05) is 36.4 Å². The molecule has 5 nitrogen and oxygen atoms in total. The number of halogens is 1. The third-order valence-corrected chi connectivity index (χ3v) is 7.80. The van der Waals surface area contributed by atoms with Crippen molar-refractivity contribution in [3.8, 4) is 34.5 Å². The van der Waals surface area contributed by atoms with E-state index in [0.717, 1.165) is 21.3 Å². The highest BCUT2D eigenvalue weighted by Gasteiger charge is 2.44. The molecule has 0 spiro atoms. The van der Waals surface area contributed by atoms with Crippen molar-refractivity contribution >= 4 is 29.8 Å². The fraction of sp³-hybridized carbons (Fsp3) is 0.300. The summed E-state index contributed by atoms with van der Waals surface area (Å²) in [5, 5.41) is 0.